The van der Waals surface area contributed by atoms with Crippen molar-refractivity contribution in [3.63, 3.8) is 0 Å². The Morgan fingerprint density at radius 2 is 1.27 bits per heavy atom. The van der Waals surface area contributed by atoms with Gasteiger partial charge in [-0.15, -0.1) is 0 Å². The fourth-order valence-corrected chi connectivity index (χ4v) is 8.95. The molecule has 0 atom stereocenters. The summed E-state index contributed by atoms with van der Waals surface area (Å²) in [4.78, 5) is 9.96. The van der Waals surface area contributed by atoms with Gasteiger partial charge in [0.25, 0.3) is 0 Å². The minimum absolute atomic E-state index is 0.361. The lowest BCUT2D eigenvalue weighted by Crippen LogP contribution is -2.02. The van der Waals surface area contributed by atoms with E-state index >= 15 is 0 Å². The predicted molar refractivity (Wildman–Crippen MR) is 230 cm³/mol. The van der Waals surface area contributed by atoms with E-state index < -0.39 is 0 Å². The summed E-state index contributed by atoms with van der Waals surface area (Å²) < 4.78 is 17.7. The quantitative estimate of drug-likeness (QED) is 0.160. The Kier molecular flexibility index (Phi) is 7.14. The maximum atomic E-state index is 6.79. The van der Waals surface area contributed by atoms with Crippen LogP contribution in [0.25, 0.3) is 88.1 Å². The highest BCUT2D eigenvalue weighted by Crippen LogP contribution is 2.44. The molecule has 0 saturated heterocycles. The largest absolute Gasteiger partial charge is 0.457 e. The summed E-state index contributed by atoms with van der Waals surface area (Å²) in [6, 6.07) is 46.6. The van der Waals surface area contributed by atoms with Crippen molar-refractivity contribution in [2.75, 3.05) is 0 Å². The first-order valence-corrected chi connectivity index (χ1v) is 19.4. The maximum Gasteiger partial charge on any atom is 0.145 e. The van der Waals surface area contributed by atoms with Crippen molar-refractivity contribution in [3.8, 4) is 28.6 Å². The van der Waals surface area contributed by atoms with Gasteiger partial charge in [0.1, 0.15) is 34.1 Å². The monoisotopic (exact) mass is 726 g/mol. The summed E-state index contributed by atoms with van der Waals surface area (Å²) in [6.45, 7) is 9.10. The molecular weight excluding hydrogens is 689 g/mol. The highest BCUT2D eigenvalue weighted by atomic mass is 16.5. The molecule has 0 spiro atoms. The van der Waals surface area contributed by atoms with Crippen molar-refractivity contribution in [2.45, 2.75) is 39.5 Å². The molecule has 11 aromatic rings. The van der Waals surface area contributed by atoms with Crippen LogP contribution >= 0.6 is 0 Å². The van der Waals surface area contributed by atoms with Gasteiger partial charge in [-0.05, 0) is 95.1 Å². The summed E-state index contributed by atoms with van der Waals surface area (Å²) in [5, 5.41) is 7.79. The molecule has 11 rings (SSSR count). The standard InChI is InChI=1S/C50H38N4O2/c1-29(2)33-14-11-15-34(30(3)4)47(33)43-28-52-50-39-26-31(19-21-35(39)36-12-5-7-16-40(36)54(43)50)55-32-20-22-37-42(27-32)53(46-18-9-10-25-51-46)41-23-24-45-49(48(37)41)38-13-6-8-17-44(38)56-45/h5-30H,1-4H3. The molecule has 0 N–H and O–H groups in total. The van der Waals surface area contributed by atoms with E-state index in [4.69, 9.17) is 19.1 Å². The number of rotatable bonds is 6. The number of hydrogen-bond acceptors (Lipinski definition) is 4. The first-order chi connectivity index (χ1) is 27.4. The molecule has 0 saturated carbocycles. The molecule has 0 unspecified atom stereocenters. The van der Waals surface area contributed by atoms with Gasteiger partial charge >= 0.3 is 0 Å². The molecule has 0 aliphatic carbocycles. The van der Waals surface area contributed by atoms with Crippen LogP contribution in [0.3, 0.4) is 0 Å². The van der Waals surface area contributed by atoms with Crippen LogP contribution in [0.5, 0.6) is 11.5 Å². The third-order valence-corrected chi connectivity index (χ3v) is 11.4. The van der Waals surface area contributed by atoms with E-state index in [2.05, 4.69) is 146 Å². The number of furan rings is 1. The molecule has 0 aliphatic rings. The normalized spacial score (nSPS) is 12.2. The number of pyridine rings is 2. The SMILES string of the molecule is CC(C)c1cccc(C(C)C)c1-c1cnc2c3cc(Oc4ccc5c6c7c(ccc6n(-c6ccccn6)c5c4)oc4ccccc47)ccc3c3ccccc3n12. The van der Waals surface area contributed by atoms with Gasteiger partial charge in [0.05, 0.1) is 28.4 Å². The van der Waals surface area contributed by atoms with Crippen LogP contribution in [0.4, 0.5) is 0 Å². The number of aromatic nitrogens is 4. The number of fused-ring (bicyclic) bond motifs is 13. The Bertz CT molecular complexity index is 3320. The van der Waals surface area contributed by atoms with E-state index in [1.165, 1.54) is 22.1 Å². The summed E-state index contributed by atoms with van der Waals surface area (Å²) in [5.41, 5.74) is 10.9. The zero-order valence-electron chi connectivity index (χ0n) is 31.6. The maximum absolute atomic E-state index is 6.79. The fourth-order valence-electron chi connectivity index (χ4n) is 8.95. The minimum Gasteiger partial charge on any atom is -0.457 e. The van der Waals surface area contributed by atoms with Crippen molar-refractivity contribution in [1.82, 2.24) is 18.9 Å². The third-order valence-electron chi connectivity index (χ3n) is 11.4. The van der Waals surface area contributed by atoms with E-state index in [1.54, 1.807) is 0 Å². The van der Waals surface area contributed by atoms with Crippen LogP contribution in [0.1, 0.15) is 50.7 Å². The van der Waals surface area contributed by atoms with E-state index in [9.17, 15) is 0 Å². The molecule has 0 radical (unpaired) electrons. The van der Waals surface area contributed by atoms with Crippen LogP contribution in [0.2, 0.25) is 0 Å². The van der Waals surface area contributed by atoms with E-state index in [0.29, 0.717) is 11.8 Å². The third kappa shape index (κ3) is 4.75. The molecule has 5 heterocycles. The average molecular weight is 727 g/mol. The second-order valence-corrected chi connectivity index (χ2v) is 15.4. The van der Waals surface area contributed by atoms with Crippen LogP contribution in [0, 0.1) is 0 Å². The van der Waals surface area contributed by atoms with E-state index in [-0.39, 0.29) is 0 Å². The number of nitrogens with zero attached hydrogens (tertiary/aromatic N) is 4. The van der Waals surface area contributed by atoms with Gasteiger partial charge in [0, 0.05) is 50.1 Å². The van der Waals surface area contributed by atoms with Gasteiger partial charge in [-0.2, -0.15) is 0 Å². The molecule has 270 valence electrons. The molecule has 0 fully saturated rings. The Balaban J connectivity index is 1.11. The molecule has 0 amide bonds. The van der Waals surface area contributed by atoms with Crippen molar-refractivity contribution >= 4 is 71.1 Å². The van der Waals surface area contributed by atoms with Crippen molar-refractivity contribution in [3.05, 3.63) is 157 Å². The summed E-state index contributed by atoms with van der Waals surface area (Å²) in [7, 11) is 0. The molecule has 6 heteroatoms. The number of para-hydroxylation sites is 2. The van der Waals surface area contributed by atoms with E-state index in [1.807, 2.05) is 36.5 Å². The van der Waals surface area contributed by atoms with Crippen molar-refractivity contribution in [2.24, 2.45) is 0 Å². The summed E-state index contributed by atoms with van der Waals surface area (Å²) in [5.74, 6) is 3.04. The number of imidazole rings is 1. The highest BCUT2D eigenvalue weighted by molar-refractivity contribution is 6.27. The zero-order valence-corrected chi connectivity index (χ0v) is 31.6. The lowest BCUT2D eigenvalue weighted by atomic mass is 9.87. The highest BCUT2D eigenvalue weighted by Gasteiger charge is 2.23. The first-order valence-electron chi connectivity index (χ1n) is 19.4. The Morgan fingerprint density at radius 1 is 0.536 bits per heavy atom. The van der Waals surface area contributed by atoms with Crippen LogP contribution < -0.4 is 4.74 Å². The predicted octanol–water partition coefficient (Wildman–Crippen LogP) is 13.7. The molecule has 6 nitrogen and oxygen atoms in total. The topological polar surface area (TPSA) is 57.5 Å². The van der Waals surface area contributed by atoms with Crippen LogP contribution in [0.15, 0.2) is 150 Å². The number of benzene rings is 6. The lowest BCUT2D eigenvalue weighted by molar-refractivity contribution is 0.484. The van der Waals surface area contributed by atoms with E-state index in [0.717, 1.165) is 88.7 Å². The van der Waals surface area contributed by atoms with Gasteiger partial charge in [0.2, 0.25) is 0 Å². The Morgan fingerprint density at radius 3 is 2.05 bits per heavy atom. The molecule has 6 aromatic carbocycles. The second kappa shape index (κ2) is 12.3. The molecule has 0 aliphatic heterocycles. The van der Waals surface area contributed by atoms with Gasteiger partial charge in [-0.25, -0.2) is 9.97 Å². The second-order valence-electron chi connectivity index (χ2n) is 15.4. The molecular formula is C50H38N4O2. The Hall–Kier alpha value is -6.92. The summed E-state index contributed by atoms with van der Waals surface area (Å²) in [6.07, 6.45) is 3.90. The molecule has 56 heavy (non-hydrogen) atoms. The number of hydrogen-bond donors (Lipinski definition) is 0. The van der Waals surface area contributed by atoms with Crippen LogP contribution in [-0.4, -0.2) is 18.9 Å². The average Bonchev–Trinajstić information content (AvgIpc) is 3.93. The fraction of sp³-hybridized carbons (Fsp3) is 0.120. The number of ether oxygens (including phenoxy) is 1. The zero-order chi connectivity index (χ0) is 37.7. The lowest BCUT2D eigenvalue weighted by Gasteiger charge is -2.20. The molecule has 5 aromatic heterocycles. The van der Waals surface area contributed by atoms with Crippen LogP contribution in [-0.2, 0) is 0 Å². The summed E-state index contributed by atoms with van der Waals surface area (Å²) >= 11 is 0. The van der Waals surface area contributed by atoms with Gasteiger partial charge in [0.15, 0.2) is 0 Å². The van der Waals surface area contributed by atoms with Gasteiger partial charge < -0.3 is 9.15 Å². The first kappa shape index (κ1) is 32.5. The molecule has 0 bridgehead atoms. The van der Waals surface area contributed by atoms with Gasteiger partial charge in [-0.1, -0.05) is 88.4 Å². The smallest absolute Gasteiger partial charge is 0.145 e. The van der Waals surface area contributed by atoms with Crippen molar-refractivity contribution < 1.29 is 9.15 Å². The van der Waals surface area contributed by atoms with Crippen molar-refractivity contribution in [1.29, 1.82) is 0 Å². The Labute approximate surface area is 323 Å². The minimum atomic E-state index is 0.361. The van der Waals surface area contributed by atoms with Gasteiger partial charge in [-0.3, -0.25) is 8.97 Å².